The standard InChI is InChI=1S/C27H24N2O9/c1-35-22-7-13(6-14(10-30)26(22)31)23-17-8-20-21(38-12-37-20)9-18(17)25(19-11-36-27(32)24(19)23)28-15-2-4-16(5-3-15)29(33)34/h2-9,19,23-25,28,30-31H,10-12H2,1H3/t19-,23?,24-,25+/m0/s1. The third kappa shape index (κ3) is 3.74. The van der Waals surface area contributed by atoms with Gasteiger partial charge >= 0.3 is 5.97 Å². The van der Waals surface area contributed by atoms with Crippen LogP contribution in [0.1, 0.15) is 34.2 Å². The number of hydrogen-bond acceptors (Lipinski definition) is 10. The molecule has 11 heteroatoms. The summed E-state index contributed by atoms with van der Waals surface area (Å²) >= 11 is 0. The highest BCUT2D eigenvalue weighted by Gasteiger charge is 2.52. The van der Waals surface area contributed by atoms with E-state index in [9.17, 15) is 25.1 Å². The summed E-state index contributed by atoms with van der Waals surface area (Å²) in [7, 11) is 1.42. The SMILES string of the molecule is COc1cc(C2c3cc4c(cc3[C@@H](Nc3ccc([N+](=O)[O-])cc3)[C@H]3COC(=O)[C@H]23)OCO4)cc(CO)c1O. The fourth-order valence-corrected chi connectivity index (χ4v) is 5.75. The summed E-state index contributed by atoms with van der Waals surface area (Å²) in [6.07, 6.45) is 0. The van der Waals surface area contributed by atoms with Crippen LogP contribution in [0.5, 0.6) is 23.0 Å². The van der Waals surface area contributed by atoms with E-state index in [0.717, 1.165) is 11.1 Å². The number of aliphatic hydroxyl groups excluding tert-OH is 1. The molecule has 0 saturated carbocycles. The fraction of sp³-hybridized carbons (Fsp3) is 0.296. The molecule has 1 aliphatic carbocycles. The topological polar surface area (TPSA) is 150 Å². The molecule has 3 aromatic rings. The number of ether oxygens (including phenoxy) is 4. The monoisotopic (exact) mass is 520 g/mol. The Morgan fingerprint density at radius 2 is 1.79 bits per heavy atom. The third-order valence-corrected chi connectivity index (χ3v) is 7.51. The Kier molecular flexibility index (Phi) is 5.72. The zero-order valence-corrected chi connectivity index (χ0v) is 20.2. The number of non-ortho nitro benzene ring substituents is 1. The number of carbonyl (C=O) groups is 1. The molecule has 4 atom stereocenters. The van der Waals surface area contributed by atoms with E-state index in [0.29, 0.717) is 22.7 Å². The molecule has 11 nitrogen and oxygen atoms in total. The van der Waals surface area contributed by atoms with E-state index in [-0.39, 0.29) is 54.1 Å². The van der Waals surface area contributed by atoms with Crippen LogP contribution in [0.15, 0.2) is 48.5 Å². The summed E-state index contributed by atoms with van der Waals surface area (Å²) in [5, 5.41) is 34.9. The second-order valence-electron chi connectivity index (χ2n) is 9.45. The number of nitrogens with zero attached hydrogens (tertiary/aromatic N) is 1. The van der Waals surface area contributed by atoms with Gasteiger partial charge < -0.3 is 34.5 Å². The number of fused-ring (bicyclic) bond motifs is 3. The van der Waals surface area contributed by atoms with Crippen molar-refractivity contribution in [2.75, 3.05) is 25.8 Å². The number of methoxy groups -OCH3 is 1. The Balaban J connectivity index is 1.51. The zero-order valence-electron chi connectivity index (χ0n) is 20.2. The second kappa shape index (κ2) is 9.10. The van der Waals surface area contributed by atoms with Crippen LogP contribution < -0.4 is 19.5 Å². The average Bonchev–Trinajstić information content (AvgIpc) is 3.54. The molecule has 196 valence electrons. The number of esters is 1. The number of benzene rings is 3. The van der Waals surface area contributed by atoms with Crippen LogP contribution in [0.25, 0.3) is 0 Å². The first-order chi connectivity index (χ1) is 18.4. The van der Waals surface area contributed by atoms with Crippen LogP contribution in [0, 0.1) is 22.0 Å². The number of carbonyl (C=O) groups excluding carboxylic acids is 1. The van der Waals surface area contributed by atoms with Crippen molar-refractivity contribution in [1.29, 1.82) is 0 Å². The van der Waals surface area contributed by atoms with Crippen LogP contribution in [0.3, 0.4) is 0 Å². The highest BCUT2D eigenvalue weighted by molar-refractivity contribution is 5.79. The molecule has 2 heterocycles. The Hall–Kier alpha value is -4.51. The van der Waals surface area contributed by atoms with Crippen LogP contribution in [-0.4, -0.2) is 41.6 Å². The van der Waals surface area contributed by atoms with E-state index in [1.165, 1.54) is 19.2 Å². The van der Waals surface area contributed by atoms with Crippen LogP contribution in [-0.2, 0) is 16.1 Å². The number of aromatic hydroxyl groups is 1. The lowest BCUT2D eigenvalue weighted by molar-refractivity contribution is -0.384. The Bertz CT molecular complexity index is 1410. The van der Waals surface area contributed by atoms with Crippen LogP contribution in [0.4, 0.5) is 11.4 Å². The molecule has 6 rings (SSSR count). The minimum Gasteiger partial charge on any atom is -0.504 e. The molecule has 38 heavy (non-hydrogen) atoms. The Morgan fingerprint density at radius 3 is 2.45 bits per heavy atom. The smallest absolute Gasteiger partial charge is 0.310 e. The Morgan fingerprint density at radius 1 is 1.08 bits per heavy atom. The first-order valence-corrected chi connectivity index (χ1v) is 12.0. The molecule has 0 aromatic heterocycles. The van der Waals surface area contributed by atoms with Gasteiger partial charge in [-0.05, 0) is 53.1 Å². The first kappa shape index (κ1) is 23.9. The molecular weight excluding hydrogens is 496 g/mol. The van der Waals surface area contributed by atoms with Crippen LogP contribution in [0.2, 0.25) is 0 Å². The van der Waals surface area contributed by atoms with Crippen molar-refractivity contribution in [3.05, 3.63) is 80.9 Å². The third-order valence-electron chi connectivity index (χ3n) is 7.51. The maximum atomic E-state index is 13.2. The van der Waals surface area contributed by atoms with Crippen molar-refractivity contribution in [3.8, 4) is 23.0 Å². The van der Waals surface area contributed by atoms with E-state index in [2.05, 4.69) is 5.32 Å². The largest absolute Gasteiger partial charge is 0.504 e. The van der Waals surface area contributed by atoms with Crippen molar-refractivity contribution >= 4 is 17.3 Å². The summed E-state index contributed by atoms with van der Waals surface area (Å²) < 4.78 is 22.3. The molecule has 0 radical (unpaired) electrons. The quantitative estimate of drug-likeness (QED) is 0.250. The predicted octanol–water partition coefficient (Wildman–Crippen LogP) is 3.62. The average molecular weight is 520 g/mol. The number of nitrogens with one attached hydrogen (secondary N) is 1. The van der Waals surface area contributed by atoms with E-state index < -0.39 is 23.4 Å². The number of phenols is 1. The van der Waals surface area contributed by atoms with Crippen molar-refractivity contribution < 1.29 is 38.9 Å². The van der Waals surface area contributed by atoms with Crippen molar-refractivity contribution in [2.45, 2.75) is 18.6 Å². The van der Waals surface area contributed by atoms with Gasteiger partial charge in [-0.1, -0.05) is 0 Å². The summed E-state index contributed by atoms with van der Waals surface area (Å²) in [5.74, 6) is -0.619. The van der Waals surface area contributed by atoms with E-state index in [1.54, 1.807) is 24.3 Å². The van der Waals surface area contributed by atoms with Gasteiger partial charge in [0.25, 0.3) is 5.69 Å². The molecule has 2 aliphatic heterocycles. The number of anilines is 1. The molecule has 0 spiro atoms. The highest BCUT2D eigenvalue weighted by Crippen LogP contribution is 2.55. The van der Waals surface area contributed by atoms with Crippen LogP contribution >= 0.6 is 0 Å². The van der Waals surface area contributed by atoms with Gasteiger partial charge in [0.1, 0.15) is 0 Å². The van der Waals surface area contributed by atoms with Crippen molar-refractivity contribution in [1.82, 2.24) is 0 Å². The van der Waals surface area contributed by atoms with Gasteiger partial charge in [0.05, 0.1) is 37.2 Å². The number of nitro benzene ring substituents is 1. The van der Waals surface area contributed by atoms with Gasteiger partial charge in [0.2, 0.25) is 6.79 Å². The van der Waals surface area contributed by atoms with Gasteiger partial charge in [-0.2, -0.15) is 0 Å². The lowest BCUT2D eigenvalue weighted by Crippen LogP contribution is -2.37. The van der Waals surface area contributed by atoms with E-state index >= 15 is 0 Å². The molecular formula is C27H24N2O9. The van der Waals surface area contributed by atoms with E-state index in [1.807, 2.05) is 12.1 Å². The first-order valence-electron chi connectivity index (χ1n) is 12.0. The lowest BCUT2D eigenvalue weighted by Gasteiger charge is -2.40. The summed E-state index contributed by atoms with van der Waals surface area (Å²) in [6, 6.07) is 12.8. The molecule has 1 fully saturated rings. The minimum absolute atomic E-state index is 0.0266. The molecule has 0 bridgehead atoms. The highest BCUT2D eigenvalue weighted by atomic mass is 16.7. The summed E-state index contributed by atoms with van der Waals surface area (Å²) in [4.78, 5) is 23.9. The molecule has 1 unspecified atom stereocenters. The summed E-state index contributed by atoms with van der Waals surface area (Å²) in [6.45, 7) is -0.180. The number of nitro groups is 1. The maximum Gasteiger partial charge on any atom is 0.310 e. The number of aliphatic hydroxyl groups is 1. The fourth-order valence-electron chi connectivity index (χ4n) is 5.75. The van der Waals surface area contributed by atoms with Crippen molar-refractivity contribution in [3.63, 3.8) is 0 Å². The molecule has 3 aromatic carbocycles. The number of hydrogen-bond donors (Lipinski definition) is 3. The molecule has 0 amide bonds. The van der Waals surface area contributed by atoms with E-state index in [4.69, 9.17) is 18.9 Å². The van der Waals surface area contributed by atoms with Crippen molar-refractivity contribution in [2.24, 2.45) is 11.8 Å². The Labute approximate surface area is 216 Å². The minimum atomic E-state index is -0.598. The predicted molar refractivity (Wildman–Crippen MR) is 132 cm³/mol. The maximum absolute atomic E-state index is 13.2. The summed E-state index contributed by atoms with van der Waals surface area (Å²) in [5.41, 5.74) is 3.22. The van der Waals surface area contributed by atoms with Gasteiger partial charge in [0, 0.05) is 35.2 Å². The lowest BCUT2D eigenvalue weighted by atomic mass is 9.65. The zero-order chi connectivity index (χ0) is 26.6. The number of cyclic esters (lactones) is 1. The molecule has 1 saturated heterocycles. The molecule has 3 aliphatic rings. The number of rotatable bonds is 6. The van der Waals surface area contributed by atoms with Gasteiger partial charge in [-0.15, -0.1) is 0 Å². The normalized spacial score (nSPS) is 22.8. The van der Waals surface area contributed by atoms with Gasteiger partial charge in [-0.3, -0.25) is 14.9 Å². The molecule has 3 N–H and O–H groups in total. The van der Waals surface area contributed by atoms with Gasteiger partial charge in [0.15, 0.2) is 23.0 Å². The second-order valence-corrected chi connectivity index (χ2v) is 9.45. The van der Waals surface area contributed by atoms with Gasteiger partial charge in [-0.25, -0.2) is 0 Å².